The number of para-hydroxylation sites is 2. The summed E-state index contributed by atoms with van der Waals surface area (Å²) in [6, 6.07) is 8.45. The predicted octanol–water partition coefficient (Wildman–Crippen LogP) is 2.90. The van der Waals surface area contributed by atoms with E-state index in [1.807, 2.05) is 36.9 Å². The second-order valence-corrected chi connectivity index (χ2v) is 5.59. The molecular weight excluding hydrogens is 252 g/mol. The Labute approximate surface area is 121 Å². The largest absolute Gasteiger partial charge is 0.489 e. The normalized spacial score (nSPS) is 16.3. The van der Waals surface area contributed by atoms with Crippen molar-refractivity contribution in [3.05, 3.63) is 24.3 Å². The summed E-state index contributed by atoms with van der Waals surface area (Å²) >= 11 is 0. The molecule has 110 valence electrons. The van der Waals surface area contributed by atoms with Gasteiger partial charge in [-0.3, -0.25) is 4.79 Å². The molecule has 1 amide bonds. The minimum atomic E-state index is 0.164. The molecule has 1 fully saturated rings. The zero-order valence-electron chi connectivity index (χ0n) is 12.6. The number of rotatable bonds is 4. The number of hydrogen-bond acceptors (Lipinski definition) is 3. The summed E-state index contributed by atoms with van der Waals surface area (Å²) in [7, 11) is 0. The standard InChI is InChI=1S/C16H24N2O2/c1-12(2)20-16-7-5-4-6-15(16)17-14-8-10-18(11-9-14)13(3)19/h4-7,12,14,17H,8-11H2,1-3H3. The summed E-state index contributed by atoms with van der Waals surface area (Å²) in [5.74, 6) is 1.07. The van der Waals surface area contributed by atoms with Crippen LogP contribution in [-0.2, 0) is 4.79 Å². The van der Waals surface area contributed by atoms with Crippen LogP contribution in [0.3, 0.4) is 0 Å². The fourth-order valence-electron chi connectivity index (χ4n) is 2.50. The molecule has 1 saturated heterocycles. The number of likely N-dealkylation sites (tertiary alicyclic amines) is 1. The number of nitrogens with zero attached hydrogens (tertiary/aromatic N) is 1. The molecule has 0 unspecified atom stereocenters. The molecule has 4 heteroatoms. The Morgan fingerprint density at radius 2 is 1.95 bits per heavy atom. The molecule has 0 aromatic heterocycles. The third-order valence-electron chi connectivity index (χ3n) is 3.55. The van der Waals surface area contributed by atoms with Crippen molar-refractivity contribution < 1.29 is 9.53 Å². The van der Waals surface area contributed by atoms with Crippen LogP contribution in [0, 0.1) is 0 Å². The number of benzene rings is 1. The third-order valence-corrected chi connectivity index (χ3v) is 3.55. The van der Waals surface area contributed by atoms with Crippen LogP contribution >= 0.6 is 0 Å². The third kappa shape index (κ3) is 3.89. The van der Waals surface area contributed by atoms with E-state index in [4.69, 9.17) is 4.74 Å². The average molecular weight is 276 g/mol. The maximum Gasteiger partial charge on any atom is 0.219 e. The van der Waals surface area contributed by atoms with Gasteiger partial charge in [0.2, 0.25) is 5.91 Å². The minimum Gasteiger partial charge on any atom is -0.489 e. The van der Waals surface area contributed by atoms with Gasteiger partial charge in [0.05, 0.1) is 11.8 Å². The second-order valence-electron chi connectivity index (χ2n) is 5.59. The van der Waals surface area contributed by atoms with Gasteiger partial charge in [0.15, 0.2) is 0 Å². The molecule has 20 heavy (non-hydrogen) atoms. The van der Waals surface area contributed by atoms with E-state index in [9.17, 15) is 4.79 Å². The van der Waals surface area contributed by atoms with Crippen LogP contribution in [0.15, 0.2) is 24.3 Å². The molecule has 4 nitrogen and oxygen atoms in total. The first-order valence-electron chi connectivity index (χ1n) is 7.34. The smallest absolute Gasteiger partial charge is 0.219 e. The average Bonchev–Trinajstić information content (AvgIpc) is 2.41. The number of amides is 1. The molecule has 0 bridgehead atoms. The molecule has 0 aliphatic carbocycles. The van der Waals surface area contributed by atoms with Gasteiger partial charge in [0.25, 0.3) is 0 Å². The molecule has 1 N–H and O–H groups in total. The molecule has 0 atom stereocenters. The lowest BCUT2D eigenvalue weighted by Crippen LogP contribution is -2.41. The lowest BCUT2D eigenvalue weighted by molar-refractivity contribution is -0.129. The van der Waals surface area contributed by atoms with Crippen LogP contribution in [0.5, 0.6) is 5.75 Å². The number of carbonyl (C=O) groups is 1. The van der Waals surface area contributed by atoms with Crippen molar-refractivity contribution in [3.63, 3.8) is 0 Å². The quantitative estimate of drug-likeness (QED) is 0.919. The highest BCUT2D eigenvalue weighted by atomic mass is 16.5. The first-order valence-corrected chi connectivity index (χ1v) is 7.34. The maximum absolute atomic E-state index is 11.3. The fourth-order valence-corrected chi connectivity index (χ4v) is 2.50. The number of anilines is 1. The van der Waals surface area contributed by atoms with E-state index < -0.39 is 0 Å². The minimum absolute atomic E-state index is 0.164. The van der Waals surface area contributed by atoms with E-state index in [1.54, 1.807) is 6.92 Å². The highest BCUT2D eigenvalue weighted by Gasteiger charge is 2.21. The second kappa shape index (κ2) is 6.64. The van der Waals surface area contributed by atoms with Gasteiger partial charge in [0, 0.05) is 26.1 Å². The summed E-state index contributed by atoms with van der Waals surface area (Å²) in [4.78, 5) is 13.2. The highest BCUT2D eigenvalue weighted by Crippen LogP contribution is 2.27. The Morgan fingerprint density at radius 1 is 1.30 bits per heavy atom. The van der Waals surface area contributed by atoms with Crippen molar-refractivity contribution in [2.75, 3.05) is 18.4 Å². The molecule has 1 heterocycles. The molecule has 1 aliphatic heterocycles. The van der Waals surface area contributed by atoms with Gasteiger partial charge < -0.3 is 15.0 Å². The Kier molecular flexibility index (Phi) is 4.88. The van der Waals surface area contributed by atoms with E-state index in [-0.39, 0.29) is 12.0 Å². The molecule has 2 rings (SSSR count). The van der Waals surface area contributed by atoms with Gasteiger partial charge in [-0.15, -0.1) is 0 Å². The Bertz CT molecular complexity index is 452. The van der Waals surface area contributed by atoms with Gasteiger partial charge in [-0.2, -0.15) is 0 Å². The van der Waals surface area contributed by atoms with Crippen molar-refractivity contribution in [2.45, 2.75) is 45.8 Å². The van der Waals surface area contributed by atoms with Crippen molar-refractivity contribution >= 4 is 11.6 Å². The molecule has 1 aromatic rings. The monoisotopic (exact) mass is 276 g/mol. The predicted molar refractivity (Wildman–Crippen MR) is 81.1 cm³/mol. The van der Waals surface area contributed by atoms with Crippen molar-refractivity contribution in [3.8, 4) is 5.75 Å². The summed E-state index contributed by atoms with van der Waals surface area (Å²) in [5, 5.41) is 3.55. The number of nitrogens with one attached hydrogen (secondary N) is 1. The lowest BCUT2D eigenvalue weighted by Gasteiger charge is -2.32. The van der Waals surface area contributed by atoms with Crippen molar-refractivity contribution in [1.82, 2.24) is 4.90 Å². The zero-order chi connectivity index (χ0) is 14.5. The van der Waals surface area contributed by atoms with Crippen LogP contribution < -0.4 is 10.1 Å². The van der Waals surface area contributed by atoms with Crippen molar-refractivity contribution in [1.29, 1.82) is 0 Å². The zero-order valence-corrected chi connectivity index (χ0v) is 12.6. The Hall–Kier alpha value is -1.71. The lowest BCUT2D eigenvalue weighted by atomic mass is 10.0. The maximum atomic E-state index is 11.3. The first kappa shape index (κ1) is 14.7. The van der Waals surface area contributed by atoms with Crippen LogP contribution in [0.2, 0.25) is 0 Å². The molecule has 1 aromatic carbocycles. The van der Waals surface area contributed by atoms with Gasteiger partial charge in [-0.25, -0.2) is 0 Å². The van der Waals surface area contributed by atoms with E-state index >= 15 is 0 Å². The van der Waals surface area contributed by atoms with E-state index in [0.717, 1.165) is 37.4 Å². The fraction of sp³-hybridized carbons (Fsp3) is 0.562. The highest BCUT2D eigenvalue weighted by molar-refractivity contribution is 5.73. The Balaban J connectivity index is 1.96. The summed E-state index contributed by atoms with van der Waals surface area (Å²) in [6.07, 6.45) is 2.13. The summed E-state index contributed by atoms with van der Waals surface area (Å²) < 4.78 is 5.82. The van der Waals surface area contributed by atoms with Gasteiger partial charge >= 0.3 is 0 Å². The molecule has 0 spiro atoms. The van der Waals surface area contributed by atoms with Crippen LogP contribution in [0.4, 0.5) is 5.69 Å². The summed E-state index contributed by atoms with van der Waals surface area (Å²) in [6.45, 7) is 7.37. The van der Waals surface area contributed by atoms with E-state index in [1.165, 1.54) is 0 Å². The van der Waals surface area contributed by atoms with Crippen LogP contribution in [0.1, 0.15) is 33.6 Å². The molecule has 0 radical (unpaired) electrons. The molecule has 1 aliphatic rings. The van der Waals surface area contributed by atoms with Gasteiger partial charge in [-0.05, 0) is 38.8 Å². The number of hydrogen-bond donors (Lipinski definition) is 1. The van der Waals surface area contributed by atoms with Crippen molar-refractivity contribution in [2.24, 2.45) is 0 Å². The molecular formula is C16H24N2O2. The van der Waals surface area contributed by atoms with Gasteiger partial charge in [-0.1, -0.05) is 12.1 Å². The van der Waals surface area contributed by atoms with E-state index in [2.05, 4.69) is 11.4 Å². The van der Waals surface area contributed by atoms with Crippen LogP contribution in [-0.4, -0.2) is 36.0 Å². The first-order chi connectivity index (χ1) is 9.56. The topological polar surface area (TPSA) is 41.6 Å². The van der Waals surface area contributed by atoms with Crippen LogP contribution in [0.25, 0.3) is 0 Å². The SMILES string of the molecule is CC(=O)N1CCC(Nc2ccccc2OC(C)C)CC1. The van der Waals surface area contributed by atoms with E-state index in [0.29, 0.717) is 6.04 Å². The number of ether oxygens (including phenoxy) is 1. The number of piperidine rings is 1. The number of carbonyl (C=O) groups excluding carboxylic acids is 1. The summed E-state index contributed by atoms with van der Waals surface area (Å²) in [5.41, 5.74) is 1.04. The Morgan fingerprint density at radius 3 is 2.55 bits per heavy atom. The molecule has 0 saturated carbocycles. The van der Waals surface area contributed by atoms with Gasteiger partial charge in [0.1, 0.15) is 5.75 Å².